The lowest BCUT2D eigenvalue weighted by molar-refractivity contribution is -0.135. The molecule has 2 aromatic heterocycles. The lowest BCUT2D eigenvalue weighted by Crippen LogP contribution is -2.60. The summed E-state index contributed by atoms with van der Waals surface area (Å²) in [6.07, 6.45) is 17.9. The van der Waals surface area contributed by atoms with Crippen LogP contribution in [-0.4, -0.2) is 252 Å². The Morgan fingerprint density at radius 2 is 1.09 bits per heavy atom. The average Bonchev–Trinajstić information content (AvgIpc) is 1.68. The Labute approximate surface area is 760 Å². The normalized spacial score (nSPS) is 17.9. The Hall–Kier alpha value is -12.7. The fourth-order valence-corrected chi connectivity index (χ4v) is 14.8. The summed E-state index contributed by atoms with van der Waals surface area (Å²) < 4.78 is 26.8. The number of benzene rings is 2. The van der Waals surface area contributed by atoms with E-state index in [1.165, 1.54) is 77.9 Å². The van der Waals surface area contributed by atoms with Crippen molar-refractivity contribution in [3.8, 4) is 0 Å². The van der Waals surface area contributed by atoms with E-state index in [4.69, 9.17) is 34.4 Å². The first-order chi connectivity index (χ1) is 62.5. The van der Waals surface area contributed by atoms with Crippen molar-refractivity contribution < 1.29 is 100 Å². The molecule has 726 valence electrons. The van der Waals surface area contributed by atoms with E-state index in [-0.39, 0.29) is 108 Å². The van der Waals surface area contributed by atoms with Crippen LogP contribution in [0.1, 0.15) is 204 Å². The summed E-state index contributed by atoms with van der Waals surface area (Å²) in [5.41, 5.74) is 35.1. The molecule has 1 aliphatic heterocycles. The zero-order valence-electron chi connectivity index (χ0n) is 74.7. The summed E-state index contributed by atoms with van der Waals surface area (Å²) in [6.45, 7) is 1.17. The van der Waals surface area contributed by atoms with Gasteiger partial charge in [-0.1, -0.05) is 133 Å². The quantitative estimate of drug-likeness (QED) is 0.0113. The number of aliphatic imine (C=N–C) groups is 1. The van der Waals surface area contributed by atoms with Gasteiger partial charge in [0.1, 0.15) is 60.4 Å². The molecule has 11 atom stereocenters. The van der Waals surface area contributed by atoms with Gasteiger partial charge in [0, 0.05) is 93.4 Å². The van der Waals surface area contributed by atoms with Gasteiger partial charge in [0.05, 0.1) is 37.9 Å². The van der Waals surface area contributed by atoms with Crippen LogP contribution in [0.4, 0.5) is 0 Å². The highest BCUT2D eigenvalue weighted by molar-refractivity contribution is 7.90. The minimum atomic E-state index is -4.01. The number of amides is 17. The standard InChI is InChI=1S/C43H61N13O8.C42H73N11O13S/c1-48-30-17-19-36(58)49-20-8-7-14-29(37(45)59)52-42(64)34(23-26-24-51-28-13-6-5-12-27(26)28)56-39(61)31(15-9-21-50-43(46)47)53-41(63)33(22-25-10-3-2-4-11-25)55-40(62)32(54-38(30)60)16-18-35(44)57;1-3-4-5-6-7-8-9-10-11-12-13-14-15-17-36(58)53-67(65,66)21-16-18-35(57)46-24-37(59)49-32(25-54)42(64)50-30(19-20-34(43)56)39(61)51-31(22-29-23-45-27-47-29)40(62)52-33(26-55)41(63)48-28(2)38(44)60/h2-6,10-13,24,29-34,48,51H,7-9,14-23H2,1H3,(H2,44,57)(H2,45,59)(H,49,58)(H,52,64)(H,53,63)(H,54,60)(H,55,62)(H,56,61)(H4,46,47,50);23,27-28,30-33,54-55H,3-22,24-26H2,1-2H3,(H2,43,56)(H2,44,60)(H,45,47)(H,46,57)(H,48,63)(H,49,59)(H,50,64)(H,51,61)(H,52,62)(H,53,58)/t29-,30-,31-,32-,33+,34-;28-,30-,31-,32-,33-/m00/s1. The van der Waals surface area contributed by atoms with Crippen molar-refractivity contribution in [1.82, 2.24) is 88.8 Å². The molecule has 0 saturated carbocycles. The molecule has 0 unspecified atom stereocenters. The lowest BCUT2D eigenvalue weighted by atomic mass is 10.0. The number of likely N-dealkylation sites (N-methyl/N-ethyl adjacent to an activating group) is 1. The molecule has 1 aliphatic rings. The number of nitrogens with two attached hydrogens (primary N) is 6. The number of imidazole rings is 1. The fourth-order valence-electron chi connectivity index (χ4n) is 13.7. The predicted molar refractivity (Wildman–Crippen MR) is 482 cm³/mol. The second kappa shape index (κ2) is 61.0. The van der Waals surface area contributed by atoms with Gasteiger partial charge in [-0.25, -0.2) is 13.4 Å². The number of H-pyrrole nitrogens is 2. The highest BCUT2D eigenvalue weighted by atomic mass is 32.2. The molecule has 1 fully saturated rings. The number of carbonyl (C=O) groups is 17. The van der Waals surface area contributed by atoms with Crippen LogP contribution in [0.25, 0.3) is 10.9 Å². The molecule has 0 spiro atoms. The molecular formula is C85H134N24O21S. The third kappa shape index (κ3) is 44.9. The van der Waals surface area contributed by atoms with Gasteiger partial charge < -0.3 is 124 Å². The molecule has 17 amide bonds. The zero-order chi connectivity index (χ0) is 96.8. The maximum atomic E-state index is 14.4. The first-order valence-corrected chi connectivity index (χ1v) is 45.9. The van der Waals surface area contributed by atoms with Gasteiger partial charge in [0.2, 0.25) is 110 Å². The molecule has 5 rings (SSSR count). The van der Waals surface area contributed by atoms with Crippen LogP contribution in [0.2, 0.25) is 0 Å². The SMILES string of the molecule is CCCCCCCCCCCCCCCC(=O)NS(=O)(=O)CCCC(=O)NCC(=O)N[C@@H](CO)C(=O)N[C@@H](CCC(N)=O)C(=O)N[C@@H](Cc1cnc[nH]1)C(=O)N[C@@H](CO)C(=O)N[C@@H](C)C(N)=O.CN[C@H]1CCC(=O)NCCCC[C@@H](C(N)=O)NC(=O)[C@H](Cc2c[nH]c3ccccc23)NC(=O)[C@H](CCCN=C(N)N)NC(=O)[C@@H](Cc2ccccc2)NC(=O)[C@H](CCC(N)=O)NC1=O. The van der Waals surface area contributed by atoms with Gasteiger partial charge in [0.25, 0.3) is 0 Å². The Morgan fingerprint density at radius 1 is 0.550 bits per heavy atom. The Kier molecular flexibility index (Phi) is 51.5. The summed E-state index contributed by atoms with van der Waals surface area (Å²) in [7, 11) is -2.50. The van der Waals surface area contributed by atoms with E-state index in [0.717, 1.165) is 36.6 Å². The highest BCUT2D eigenvalue weighted by Gasteiger charge is 2.37. The van der Waals surface area contributed by atoms with Crippen LogP contribution in [0.15, 0.2) is 78.3 Å². The number of unbranched alkanes of at least 4 members (excludes halogenated alkanes) is 12. The first-order valence-electron chi connectivity index (χ1n) is 44.2. The Balaban J connectivity index is 0.000000549. The smallest absolute Gasteiger partial charge is 0.245 e. The minimum absolute atomic E-state index is 0.0229. The van der Waals surface area contributed by atoms with E-state index in [2.05, 4.69) is 96.0 Å². The van der Waals surface area contributed by atoms with Gasteiger partial charge in [-0.05, 0) is 95.4 Å². The number of nitrogens with zero attached hydrogens (tertiary/aromatic N) is 2. The van der Waals surface area contributed by atoms with Crippen LogP contribution < -0.4 is 108 Å². The molecule has 0 radical (unpaired) electrons. The number of rotatable bonds is 51. The number of nitrogens with one attached hydrogen (secondary N) is 16. The fraction of sp³-hybridized carbons (Fsp3) is 0.588. The number of para-hydroxylation sites is 1. The third-order valence-corrected chi connectivity index (χ3v) is 22.5. The monoisotopic (exact) mass is 1860 g/mol. The molecule has 131 heavy (non-hydrogen) atoms. The molecule has 30 N–H and O–H groups in total. The number of aromatic amines is 2. The van der Waals surface area contributed by atoms with Crippen molar-refractivity contribution >= 4 is 127 Å². The summed E-state index contributed by atoms with van der Waals surface area (Å²) in [5.74, 6) is -14.6. The summed E-state index contributed by atoms with van der Waals surface area (Å²) in [6, 6.07) is 1.18. The largest absolute Gasteiger partial charge is 0.394 e. The number of aliphatic hydroxyl groups excluding tert-OH is 2. The summed E-state index contributed by atoms with van der Waals surface area (Å²) >= 11 is 0. The highest BCUT2D eigenvalue weighted by Crippen LogP contribution is 2.21. The van der Waals surface area contributed by atoms with E-state index in [0.29, 0.717) is 36.1 Å². The van der Waals surface area contributed by atoms with Gasteiger partial charge in [-0.2, -0.15) is 0 Å². The van der Waals surface area contributed by atoms with Crippen molar-refractivity contribution in [2.45, 2.75) is 273 Å². The molecule has 4 aromatic rings. The molecule has 0 bridgehead atoms. The second-order valence-corrected chi connectivity index (χ2v) is 33.8. The number of primary amides is 4. The van der Waals surface area contributed by atoms with Gasteiger partial charge in [-0.15, -0.1) is 0 Å². The summed E-state index contributed by atoms with van der Waals surface area (Å²) in [5, 5.41) is 53.2. The second-order valence-electron chi connectivity index (χ2n) is 31.9. The van der Waals surface area contributed by atoms with E-state index in [1.807, 2.05) is 29.0 Å². The van der Waals surface area contributed by atoms with E-state index in [1.54, 1.807) is 36.5 Å². The number of fused-ring (bicyclic) bond motifs is 1. The van der Waals surface area contributed by atoms with Crippen LogP contribution >= 0.6 is 0 Å². The topological polar surface area (TPSA) is 746 Å². The van der Waals surface area contributed by atoms with E-state index in [9.17, 15) is 100 Å². The van der Waals surface area contributed by atoms with Crippen LogP contribution in [0, 0.1) is 0 Å². The number of sulfonamides is 1. The van der Waals surface area contributed by atoms with E-state index < -0.39 is 209 Å². The lowest BCUT2D eigenvalue weighted by Gasteiger charge is -2.27. The van der Waals surface area contributed by atoms with Gasteiger partial charge in [0.15, 0.2) is 5.96 Å². The Bertz CT molecular complexity index is 4520. The maximum absolute atomic E-state index is 14.4. The Morgan fingerprint density at radius 3 is 1.69 bits per heavy atom. The van der Waals surface area contributed by atoms with Crippen LogP contribution in [-0.2, 0) is 111 Å². The molecular weight excluding hydrogens is 1730 g/mol. The number of aromatic nitrogens is 3. The number of guanidine groups is 1. The molecule has 0 aliphatic carbocycles. The molecule has 46 heteroatoms. The van der Waals surface area contributed by atoms with Crippen molar-refractivity contribution in [3.05, 3.63) is 90.1 Å². The van der Waals surface area contributed by atoms with Crippen molar-refractivity contribution in [3.63, 3.8) is 0 Å². The number of hydrogen-bond acceptors (Lipinski definition) is 24. The first kappa shape index (κ1) is 111. The number of aliphatic hydroxyl groups is 2. The molecule has 2 aromatic carbocycles. The van der Waals surface area contributed by atoms with Gasteiger partial charge in [-0.3, -0.25) is 91.2 Å². The van der Waals surface area contributed by atoms with Crippen LogP contribution in [0.5, 0.6) is 0 Å². The van der Waals surface area contributed by atoms with Crippen molar-refractivity contribution in [2.24, 2.45) is 39.4 Å². The third-order valence-electron chi connectivity index (χ3n) is 21.2. The average molecular weight is 1860 g/mol. The zero-order valence-corrected chi connectivity index (χ0v) is 75.5. The molecule has 45 nitrogen and oxygen atoms in total. The molecule has 1 saturated heterocycles. The van der Waals surface area contributed by atoms with Crippen LogP contribution in [0.3, 0.4) is 0 Å². The van der Waals surface area contributed by atoms with Crippen molar-refractivity contribution in [2.75, 3.05) is 45.6 Å². The predicted octanol–water partition coefficient (Wildman–Crippen LogP) is -4.19. The number of carbonyl (C=O) groups excluding carboxylic acids is 17. The molecule has 3 heterocycles. The van der Waals surface area contributed by atoms with E-state index >= 15 is 0 Å². The maximum Gasteiger partial charge on any atom is 0.245 e. The van der Waals surface area contributed by atoms with Gasteiger partial charge >= 0.3 is 0 Å². The number of hydrogen-bond donors (Lipinski definition) is 24. The minimum Gasteiger partial charge on any atom is -0.394 e. The van der Waals surface area contributed by atoms with Crippen molar-refractivity contribution in [1.29, 1.82) is 0 Å². The summed E-state index contributed by atoms with van der Waals surface area (Å²) in [4.78, 5) is 235.